The van der Waals surface area contributed by atoms with Gasteiger partial charge in [0.25, 0.3) is 0 Å². The monoisotopic (exact) mass is 273 g/mol. The van der Waals surface area contributed by atoms with Crippen LogP contribution in [-0.2, 0) is 14.2 Å². The zero-order valence-corrected chi connectivity index (χ0v) is 10.9. The molecule has 0 bridgehead atoms. The number of carbonyl (C=O) groups excluding carboxylic acids is 1. The van der Waals surface area contributed by atoms with Crippen LogP contribution >= 0.6 is 11.6 Å². The fraction of sp³-hybridized carbons (Fsp3) is 0.417. The van der Waals surface area contributed by atoms with E-state index in [9.17, 15) is 4.79 Å². The highest BCUT2D eigenvalue weighted by Crippen LogP contribution is 2.22. The van der Waals surface area contributed by atoms with Crippen LogP contribution in [0.25, 0.3) is 0 Å². The van der Waals surface area contributed by atoms with Crippen LogP contribution in [0.3, 0.4) is 0 Å². The number of anilines is 1. The second-order valence-corrected chi connectivity index (χ2v) is 3.85. The zero-order valence-electron chi connectivity index (χ0n) is 10.1. The smallest absolute Gasteiger partial charge is 0.340 e. The van der Waals surface area contributed by atoms with Crippen molar-refractivity contribution in [2.45, 2.75) is 0 Å². The molecule has 0 unspecified atom stereocenters. The third-order valence-corrected chi connectivity index (χ3v) is 2.50. The molecule has 0 aliphatic heterocycles. The Hall–Kier alpha value is -1.30. The van der Waals surface area contributed by atoms with Crippen LogP contribution in [0.2, 0.25) is 5.02 Å². The van der Waals surface area contributed by atoms with Gasteiger partial charge in [-0.1, -0.05) is 17.7 Å². The van der Waals surface area contributed by atoms with Crippen LogP contribution in [0.15, 0.2) is 18.2 Å². The van der Waals surface area contributed by atoms with E-state index in [0.717, 1.165) is 0 Å². The standard InChI is InChI=1S/C12H16ClNO4/c1-16-5-6-17-7-8-18-12(15)9-3-2-4-10(13)11(9)14/h2-4H,5-8,14H2,1H3. The maximum atomic E-state index is 11.7. The van der Waals surface area contributed by atoms with Gasteiger partial charge in [-0.2, -0.15) is 0 Å². The SMILES string of the molecule is COCCOCCOC(=O)c1cccc(Cl)c1N. The molecule has 6 heteroatoms. The largest absolute Gasteiger partial charge is 0.460 e. The second kappa shape index (κ2) is 7.92. The van der Waals surface area contributed by atoms with Crippen molar-refractivity contribution in [3.63, 3.8) is 0 Å². The highest BCUT2D eigenvalue weighted by atomic mass is 35.5. The van der Waals surface area contributed by atoms with E-state index in [2.05, 4.69) is 0 Å². The molecule has 5 nitrogen and oxygen atoms in total. The van der Waals surface area contributed by atoms with Crippen molar-refractivity contribution < 1.29 is 19.0 Å². The number of halogens is 1. The molecule has 0 spiro atoms. The molecular weight excluding hydrogens is 258 g/mol. The molecule has 0 atom stereocenters. The predicted octanol–water partition coefficient (Wildman–Crippen LogP) is 1.74. The quantitative estimate of drug-likeness (QED) is 0.465. The van der Waals surface area contributed by atoms with Gasteiger partial charge >= 0.3 is 5.97 Å². The Balaban J connectivity index is 2.35. The number of hydrogen-bond acceptors (Lipinski definition) is 5. The summed E-state index contributed by atoms with van der Waals surface area (Å²) in [5.41, 5.74) is 6.16. The van der Waals surface area contributed by atoms with Gasteiger partial charge in [-0.3, -0.25) is 0 Å². The molecule has 2 N–H and O–H groups in total. The first kappa shape index (κ1) is 14.8. The van der Waals surface area contributed by atoms with Gasteiger partial charge in [-0.05, 0) is 12.1 Å². The number of hydrogen-bond donors (Lipinski definition) is 1. The first-order valence-electron chi connectivity index (χ1n) is 5.44. The lowest BCUT2D eigenvalue weighted by atomic mass is 10.2. The van der Waals surface area contributed by atoms with Crippen molar-refractivity contribution >= 4 is 23.3 Å². The first-order valence-corrected chi connectivity index (χ1v) is 5.82. The van der Waals surface area contributed by atoms with Gasteiger partial charge in [-0.25, -0.2) is 4.79 Å². The van der Waals surface area contributed by atoms with E-state index < -0.39 is 5.97 Å². The lowest BCUT2D eigenvalue weighted by Gasteiger charge is -2.08. The molecule has 100 valence electrons. The van der Waals surface area contributed by atoms with E-state index in [1.165, 1.54) is 0 Å². The van der Waals surface area contributed by atoms with E-state index >= 15 is 0 Å². The lowest BCUT2D eigenvalue weighted by Crippen LogP contribution is -2.14. The number of nitrogens with two attached hydrogens (primary N) is 1. The van der Waals surface area contributed by atoms with Crippen molar-refractivity contribution in [2.75, 3.05) is 39.3 Å². The summed E-state index contributed by atoms with van der Waals surface area (Å²) in [6.45, 7) is 1.45. The summed E-state index contributed by atoms with van der Waals surface area (Å²) in [5.74, 6) is -0.509. The molecule has 1 rings (SSSR count). The van der Waals surface area contributed by atoms with Crippen LogP contribution in [0.1, 0.15) is 10.4 Å². The highest BCUT2D eigenvalue weighted by molar-refractivity contribution is 6.33. The van der Waals surface area contributed by atoms with E-state index in [1.54, 1.807) is 25.3 Å². The molecule has 0 aliphatic carbocycles. The molecule has 0 saturated heterocycles. The summed E-state index contributed by atoms with van der Waals surface area (Å²) in [6.07, 6.45) is 0. The third-order valence-electron chi connectivity index (χ3n) is 2.17. The van der Waals surface area contributed by atoms with Gasteiger partial charge in [0.15, 0.2) is 0 Å². The Morgan fingerprint density at radius 1 is 1.28 bits per heavy atom. The molecule has 1 aromatic rings. The van der Waals surface area contributed by atoms with Crippen LogP contribution in [-0.4, -0.2) is 39.5 Å². The van der Waals surface area contributed by atoms with Gasteiger partial charge in [0.1, 0.15) is 6.61 Å². The van der Waals surface area contributed by atoms with Gasteiger partial charge in [0.05, 0.1) is 36.1 Å². The molecule has 0 aliphatic rings. The Labute approximate surface area is 111 Å². The van der Waals surface area contributed by atoms with Crippen LogP contribution in [0.4, 0.5) is 5.69 Å². The molecular formula is C12H16ClNO4. The molecule has 0 aromatic heterocycles. The van der Waals surface area contributed by atoms with Crippen molar-refractivity contribution in [2.24, 2.45) is 0 Å². The Bertz CT molecular complexity index is 398. The molecule has 1 aromatic carbocycles. The Kier molecular flexibility index (Phi) is 6.49. The normalized spacial score (nSPS) is 10.3. The first-order chi connectivity index (χ1) is 8.66. The number of benzene rings is 1. The number of para-hydroxylation sites is 1. The third kappa shape index (κ3) is 4.52. The van der Waals surface area contributed by atoms with E-state index in [1.807, 2.05) is 0 Å². The number of esters is 1. The van der Waals surface area contributed by atoms with Gasteiger partial charge in [0, 0.05) is 7.11 Å². The summed E-state index contributed by atoms with van der Waals surface area (Å²) in [7, 11) is 1.59. The summed E-state index contributed by atoms with van der Waals surface area (Å²) in [5, 5.41) is 0.334. The molecule has 0 heterocycles. The Morgan fingerprint density at radius 2 is 2.00 bits per heavy atom. The summed E-state index contributed by atoms with van der Waals surface area (Å²) in [4.78, 5) is 11.7. The minimum Gasteiger partial charge on any atom is -0.460 e. The van der Waals surface area contributed by atoms with E-state index in [-0.39, 0.29) is 17.9 Å². The number of rotatable bonds is 7. The van der Waals surface area contributed by atoms with Crippen LogP contribution in [0, 0.1) is 0 Å². The topological polar surface area (TPSA) is 70.8 Å². The summed E-state index contributed by atoms with van der Waals surface area (Å²) in [6, 6.07) is 4.82. The molecule has 0 saturated carbocycles. The lowest BCUT2D eigenvalue weighted by molar-refractivity contribution is 0.0214. The van der Waals surface area contributed by atoms with Crippen molar-refractivity contribution in [1.82, 2.24) is 0 Å². The van der Waals surface area contributed by atoms with Crippen LogP contribution < -0.4 is 5.73 Å². The van der Waals surface area contributed by atoms with Gasteiger partial charge in [0.2, 0.25) is 0 Å². The average molecular weight is 274 g/mol. The van der Waals surface area contributed by atoms with Gasteiger partial charge < -0.3 is 19.9 Å². The molecule has 18 heavy (non-hydrogen) atoms. The van der Waals surface area contributed by atoms with E-state index in [0.29, 0.717) is 24.8 Å². The second-order valence-electron chi connectivity index (χ2n) is 3.44. The molecule has 0 amide bonds. The van der Waals surface area contributed by atoms with Crippen molar-refractivity contribution in [3.05, 3.63) is 28.8 Å². The summed E-state index contributed by atoms with van der Waals surface area (Å²) >= 11 is 5.81. The maximum absolute atomic E-state index is 11.7. The van der Waals surface area contributed by atoms with Crippen molar-refractivity contribution in [3.8, 4) is 0 Å². The molecule has 0 radical (unpaired) electrons. The molecule has 0 fully saturated rings. The highest BCUT2D eigenvalue weighted by Gasteiger charge is 2.12. The average Bonchev–Trinajstić information content (AvgIpc) is 2.36. The fourth-order valence-corrected chi connectivity index (χ4v) is 1.40. The fourth-order valence-electron chi connectivity index (χ4n) is 1.23. The number of nitrogen functional groups attached to an aromatic ring is 1. The number of methoxy groups -OCH3 is 1. The van der Waals surface area contributed by atoms with Crippen LogP contribution in [0.5, 0.6) is 0 Å². The van der Waals surface area contributed by atoms with E-state index in [4.69, 9.17) is 31.5 Å². The van der Waals surface area contributed by atoms with Gasteiger partial charge in [-0.15, -0.1) is 0 Å². The predicted molar refractivity (Wildman–Crippen MR) is 68.8 cm³/mol. The minimum atomic E-state index is -0.509. The number of ether oxygens (including phenoxy) is 3. The zero-order chi connectivity index (χ0) is 13.4. The minimum absolute atomic E-state index is 0.161. The maximum Gasteiger partial charge on any atom is 0.340 e. The number of carbonyl (C=O) groups is 1. The van der Waals surface area contributed by atoms with Crippen molar-refractivity contribution in [1.29, 1.82) is 0 Å². The Morgan fingerprint density at radius 3 is 2.72 bits per heavy atom. The summed E-state index contributed by atoms with van der Waals surface area (Å²) < 4.78 is 15.0.